The summed E-state index contributed by atoms with van der Waals surface area (Å²) in [6.45, 7) is 2.48. The SMILES string of the molecule is Cc1cnc2c(C3CCC(F)(F)CC3)nc([C@H]3CCO[C@@H](c4cnn(C)c4)C3)nc2n1. The molecule has 2 aliphatic rings. The van der Waals surface area contributed by atoms with Gasteiger partial charge in [0.2, 0.25) is 5.92 Å². The first kappa shape index (κ1) is 20.4. The second kappa shape index (κ2) is 7.85. The van der Waals surface area contributed by atoms with Crippen molar-refractivity contribution >= 4 is 11.2 Å². The highest BCUT2D eigenvalue weighted by atomic mass is 19.3. The summed E-state index contributed by atoms with van der Waals surface area (Å²) in [5, 5.41) is 4.25. The molecule has 31 heavy (non-hydrogen) atoms. The maximum absolute atomic E-state index is 13.8. The molecule has 0 N–H and O–H groups in total. The molecule has 0 spiro atoms. The van der Waals surface area contributed by atoms with E-state index >= 15 is 0 Å². The van der Waals surface area contributed by atoms with Crippen LogP contribution >= 0.6 is 0 Å². The molecule has 9 heteroatoms. The van der Waals surface area contributed by atoms with E-state index in [4.69, 9.17) is 14.7 Å². The summed E-state index contributed by atoms with van der Waals surface area (Å²) in [6, 6.07) is 0. The van der Waals surface area contributed by atoms with Crippen LogP contribution < -0.4 is 0 Å². The minimum absolute atomic E-state index is 0.0464. The Balaban J connectivity index is 1.50. The number of aromatic nitrogens is 6. The predicted octanol–water partition coefficient (Wildman–Crippen LogP) is 4.39. The van der Waals surface area contributed by atoms with E-state index in [1.54, 1.807) is 10.9 Å². The number of alkyl halides is 2. The van der Waals surface area contributed by atoms with Crippen molar-refractivity contribution in [3.05, 3.63) is 41.4 Å². The Morgan fingerprint density at radius 2 is 1.87 bits per heavy atom. The van der Waals surface area contributed by atoms with Crippen molar-refractivity contribution in [3.8, 4) is 0 Å². The number of halogens is 2. The molecule has 164 valence electrons. The normalized spacial score (nSPS) is 24.5. The lowest BCUT2D eigenvalue weighted by atomic mass is 9.84. The number of rotatable bonds is 3. The van der Waals surface area contributed by atoms with Crippen molar-refractivity contribution in [2.75, 3.05) is 6.61 Å². The molecule has 2 fully saturated rings. The van der Waals surface area contributed by atoms with Crippen LogP contribution in [-0.2, 0) is 11.8 Å². The van der Waals surface area contributed by atoms with Crippen molar-refractivity contribution in [2.24, 2.45) is 7.05 Å². The maximum Gasteiger partial charge on any atom is 0.248 e. The maximum atomic E-state index is 13.8. The molecule has 1 aliphatic carbocycles. The van der Waals surface area contributed by atoms with Gasteiger partial charge in [0.05, 0.1) is 23.7 Å². The molecule has 0 bridgehead atoms. The molecule has 2 atom stereocenters. The van der Waals surface area contributed by atoms with Gasteiger partial charge in [-0.25, -0.2) is 28.7 Å². The Labute approximate surface area is 179 Å². The molecule has 0 unspecified atom stereocenters. The molecule has 3 aromatic heterocycles. The zero-order valence-corrected chi connectivity index (χ0v) is 17.8. The van der Waals surface area contributed by atoms with Crippen LogP contribution in [0.25, 0.3) is 11.2 Å². The van der Waals surface area contributed by atoms with Gasteiger partial charge >= 0.3 is 0 Å². The summed E-state index contributed by atoms with van der Waals surface area (Å²) >= 11 is 0. The number of hydrogen-bond acceptors (Lipinski definition) is 6. The highest BCUT2D eigenvalue weighted by Gasteiger charge is 2.37. The Morgan fingerprint density at radius 1 is 1.06 bits per heavy atom. The van der Waals surface area contributed by atoms with Crippen molar-refractivity contribution in [1.82, 2.24) is 29.7 Å². The molecule has 5 rings (SSSR count). The zero-order valence-electron chi connectivity index (χ0n) is 17.8. The molecule has 1 saturated carbocycles. The van der Waals surface area contributed by atoms with Gasteiger partial charge in [0.1, 0.15) is 11.3 Å². The van der Waals surface area contributed by atoms with E-state index in [0.29, 0.717) is 30.6 Å². The third kappa shape index (κ3) is 4.15. The minimum Gasteiger partial charge on any atom is -0.373 e. The second-order valence-corrected chi connectivity index (χ2v) is 8.81. The van der Waals surface area contributed by atoms with Gasteiger partial charge in [-0.1, -0.05) is 0 Å². The smallest absolute Gasteiger partial charge is 0.248 e. The first-order valence-electron chi connectivity index (χ1n) is 10.9. The summed E-state index contributed by atoms with van der Waals surface area (Å²) < 4.78 is 35.3. The van der Waals surface area contributed by atoms with E-state index in [9.17, 15) is 8.78 Å². The fourth-order valence-electron chi connectivity index (χ4n) is 4.68. The van der Waals surface area contributed by atoms with E-state index in [0.717, 1.165) is 35.6 Å². The lowest BCUT2D eigenvalue weighted by Crippen LogP contribution is -2.25. The molecule has 0 amide bonds. The highest BCUT2D eigenvalue weighted by Crippen LogP contribution is 2.42. The van der Waals surface area contributed by atoms with Gasteiger partial charge in [-0.3, -0.25) is 4.68 Å². The van der Waals surface area contributed by atoms with Crippen molar-refractivity contribution < 1.29 is 13.5 Å². The third-order valence-corrected chi connectivity index (χ3v) is 6.42. The average Bonchev–Trinajstić information content (AvgIpc) is 3.19. The van der Waals surface area contributed by atoms with E-state index in [-0.39, 0.29) is 30.8 Å². The second-order valence-electron chi connectivity index (χ2n) is 8.81. The monoisotopic (exact) mass is 428 g/mol. The van der Waals surface area contributed by atoms with E-state index in [2.05, 4.69) is 15.1 Å². The Hall–Kier alpha value is -2.55. The van der Waals surface area contributed by atoms with Crippen LogP contribution in [0, 0.1) is 6.92 Å². The van der Waals surface area contributed by atoms with E-state index in [1.165, 1.54) is 0 Å². The van der Waals surface area contributed by atoms with Gasteiger partial charge in [-0.05, 0) is 32.6 Å². The topological polar surface area (TPSA) is 78.6 Å². The van der Waals surface area contributed by atoms with Crippen molar-refractivity contribution in [1.29, 1.82) is 0 Å². The van der Waals surface area contributed by atoms with Crippen LogP contribution in [0.2, 0.25) is 0 Å². The zero-order chi connectivity index (χ0) is 21.6. The van der Waals surface area contributed by atoms with Crippen LogP contribution in [-0.4, -0.2) is 42.2 Å². The summed E-state index contributed by atoms with van der Waals surface area (Å²) in [7, 11) is 1.89. The quantitative estimate of drug-likeness (QED) is 0.616. The molecular weight excluding hydrogens is 402 g/mol. The number of ether oxygens (including phenoxy) is 1. The molecular formula is C22H26F2N6O. The molecule has 3 aromatic rings. The van der Waals surface area contributed by atoms with Crippen molar-refractivity contribution in [3.63, 3.8) is 0 Å². The third-order valence-electron chi connectivity index (χ3n) is 6.42. The van der Waals surface area contributed by atoms with Gasteiger partial charge < -0.3 is 4.74 Å². The number of aryl methyl sites for hydroxylation is 2. The van der Waals surface area contributed by atoms with Gasteiger partial charge in [0.25, 0.3) is 0 Å². The van der Waals surface area contributed by atoms with Gasteiger partial charge in [-0.15, -0.1) is 0 Å². The molecule has 4 heterocycles. The molecule has 7 nitrogen and oxygen atoms in total. The van der Waals surface area contributed by atoms with E-state index < -0.39 is 5.92 Å². The van der Waals surface area contributed by atoms with E-state index in [1.807, 2.05) is 26.4 Å². The van der Waals surface area contributed by atoms with Crippen LogP contribution in [0.3, 0.4) is 0 Å². The summed E-state index contributed by atoms with van der Waals surface area (Å²) in [6.07, 6.45) is 7.57. The number of nitrogens with zero attached hydrogens (tertiary/aromatic N) is 6. The van der Waals surface area contributed by atoms with Crippen LogP contribution in [0.15, 0.2) is 18.6 Å². The predicted molar refractivity (Wildman–Crippen MR) is 110 cm³/mol. The summed E-state index contributed by atoms with van der Waals surface area (Å²) in [4.78, 5) is 18.8. The minimum atomic E-state index is -2.58. The largest absolute Gasteiger partial charge is 0.373 e. The van der Waals surface area contributed by atoms with Gasteiger partial charge in [0.15, 0.2) is 5.65 Å². The van der Waals surface area contributed by atoms with Gasteiger partial charge in [0, 0.05) is 56.3 Å². The lowest BCUT2D eigenvalue weighted by Gasteiger charge is -2.30. The lowest BCUT2D eigenvalue weighted by molar-refractivity contribution is -0.0384. The molecule has 1 aliphatic heterocycles. The summed E-state index contributed by atoms with van der Waals surface area (Å²) in [5.74, 6) is -1.80. The number of fused-ring (bicyclic) bond motifs is 1. The molecule has 0 radical (unpaired) electrons. The first-order chi connectivity index (χ1) is 14.9. The Morgan fingerprint density at radius 3 is 2.61 bits per heavy atom. The van der Waals surface area contributed by atoms with Gasteiger partial charge in [-0.2, -0.15) is 5.10 Å². The number of hydrogen-bond donors (Lipinski definition) is 0. The fraction of sp³-hybridized carbons (Fsp3) is 0.591. The van der Waals surface area contributed by atoms with Crippen LogP contribution in [0.5, 0.6) is 0 Å². The molecule has 1 saturated heterocycles. The molecule has 0 aromatic carbocycles. The fourth-order valence-corrected chi connectivity index (χ4v) is 4.68. The standard InChI is InChI=1S/C22H26F2N6O/c1-13-10-25-19-18(14-3-6-22(23,24)7-4-14)28-20(29-21(19)27-13)15-5-8-31-17(9-15)16-11-26-30(2)12-16/h10-12,14-15,17H,3-9H2,1-2H3/t15-,17+/m0/s1. The van der Waals surface area contributed by atoms with Crippen LogP contribution in [0.4, 0.5) is 8.78 Å². The Kier molecular flexibility index (Phi) is 5.16. The highest BCUT2D eigenvalue weighted by molar-refractivity contribution is 5.73. The summed E-state index contributed by atoms with van der Waals surface area (Å²) in [5.41, 5.74) is 3.78. The van der Waals surface area contributed by atoms with Crippen LogP contribution in [0.1, 0.15) is 79.2 Å². The average molecular weight is 428 g/mol. The first-order valence-corrected chi connectivity index (χ1v) is 10.9. The Bertz CT molecular complexity index is 1090. The van der Waals surface area contributed by atoms with Crippen molar-refractivity contribution in [2.45, 2.75) is 69.3 Å².